The maximum absolute atomic E-state index is 13.8. The molecule has 0 unspecified atom stereocenters. The molecule has 10 heteroatoms. The van der Waals surface area contributed by atoms with E-state index in [4.69, 9.17) is 11.6 Å². The molecule has 8 nitrogen and oxygen atoms in total. The van der Waals surface area contributed by atoms with Gasteiger partial charge in [-0.05, 0) is 41.9 Å². The molecule has 5 atom stereocenters. The number of carbonyl (C=O) groups is 4. The molecule has 1 spiro atoms. The fourth-order valence-corrected chi connectivity index (χ4v) is 5.85. The van der Waals surface area contributed by atoms with Gasteiger partial charge < -0.3 is 10.2 Å². The molecule has 0 bridgehead atoms. The maximum atomic E-state index is 13.8. The van der Waals surface area contributed by atoms with Crippen LogP contribution in [0.3, 0.4) is 0 Å². The van der Waals surface area contributed by atoms with Crippen LogP contribution in [0.5, 0.6) is 0 Å². The lowest BCUT2D eigenvalue weighted by molar-refractivity contribution is -0.149. The quantitative estimate of drug-likeness (QED) is 0.460. The van der Waals surface area contributed by atoms with Crippen LogP contribution in [-0.2, 0) is 19.2 Å². The number of fused-ring (bicyclic) bond motifs is 1. The SMILES string of the molecule is CC(C)(C)CC(=O)N1C[C@H]2[C@@H]([C@H]1C(=O)NN(C[C@H]1CC3(CC3)NC1=O)C(=O)[C@@H](F)Cl)C2(C)C. The van der Waals surface area contributed by atoms with Gasteiger partial charge in [0.05, 0.1) is 12.5 Å². The highest BCUT2D eigenvalue weighted by Crippen LogP contribution is 2.65. The van der Waals surface area contributed by atoms with Crippen LogP contribution in [0.1, 0.15) is 60.3 Å². The molecular formula is C23H34ClFN4O4. The molecule has 2 N–H and O–H groups in total. The van der Waals surface area contributed by atoms with Crippen LogP contribution in [-0.4, -0.2) is 63.8 Å². The Morgan fingerprint density at radius 1 is 1.30 bits per heavy atom. The van der Waals surface area contributed by atoms with Gasteiger partial charge in [0, 0.05) is 18.5 Å². The lowest BCUT2D eigenvalue weighted by Crippen LogP contribution is -2.57. The lowest BCUT2D eigenvalue weighted by Gasteiger charge is -2.34. The highest BCUT2D eigenvalue weighted by atomic mass is 35.5. The van der Waals surface area contributed by atoms with E-state index in [-0.39, 0.29) is 53.0 Å². The molecule has 2 aliphatic carbocycles. The number of alkyl halides is 2. The minimum Gasteiger partial charge on any atom is -0.350 e. The van der Waals surface area contributed by atoms with Crippen LogP contribution >= 0.6 is 11.6 Å². The summed E-state index contributed by atoms with van der Waals surface area (Å²) in [5.74, 6) is -2.39. The van der Waals surface area contributed by atoms with Gasteiger partial charge in [-0.3, -0.25) is 24.6 Å². The van der Waals surface area contributed by atoms with Gasteiger partial charge in [-0.25, -0.2) is 9.40 Å². The van der Waals surface area contributed by atoms with Crippen LogP contribution in [0.15, 0.2) is 0 Å². The number of carbonyl (C=O) groups excluding carboxylic acids is 4. The second kappa shape index (κ2) is 7.82. The fourth-order valence-electron chi connectivity index (χ4n) is 5.73. The van der Waals surface area contributed by atoms with Crippen molar-refractivity contribution in [3.05, 3.63) is 0 Å². The Bertz CT molecular complexity index is 882. The zero-order chi connectivity index (χ0) is 24.5. The normalized spacial score (nSPS) is 31.6. The smallest absolute Gasteiger partial charge is 0.291 e. The van der Waals surface area contributed by atoms with E-state index >= 15 is 0 Å². The number of hydrogen-bond acceptors (Lipinski definition) is 4. The molecule has 4 amide bonds. The van der Waals surface area contributed by atoms with E-state index in [0.29, 0.717) is 13.0 Å². The molecule has 2 aliphatic heterocycles. The number of hydrogen-bond donors (Lipinski definition) is 2. The minimum absolute atomic E-state index is 0.0416. The number of halogens is 2. The predicted molar refractivity (Wildman–Crippen MR) is 119 cm³/mol. The third-order valence-corrected chi connectivity index (χ3v) is 8.02. The Balaban J connectivity index is 1.50. The van der Waals surface area contributed by atoms with Crippen LogP contribution in [0.4, 0.5) is 4.39 Å². The minimum atomic E-state index is -2.35. The zero-order valence-electron chi connectivity index (χ0n) is 19.9. The molecule has 4 rings (SSSR count). The number of nitrogens with one attached hydrogen (secondary N) is 2. The summed E-state index contributed by atoms with van der Waals surface area (Å²) in [6, 6.07) is -0.754. The van der Waals surface area contributed by atoms with Crippen molar-refractivity contribution in [1.29, 1.82) is 0 Å². The van der Waals surface area contributed by atoms with Gasteiger partial charge in [-0.1, -0.05) is 46.2 Å². The van der Waals surface area contributed by atoms with Crippen molar-refractivity contribution in [1.82, 2.24) is 20.7 Å². The van der Waals surface area contributed by atoms with Gasteiger partial charge in [-0.2, -0.15) is 0 Å². The van der Waals surface area contributed by atoms with Crippen LogP contribution in [0.25, 0.3) is 0 Å². The highest BCUT2D eigenvalue weighted by molar-refractivity contribution is 6.29. The molecule has 0 aromatic heterocycles. The summed E-state index contributed by atoms with van der Waals surface area (Å²) in [7, 11) is 0. The number of piperidine rings is 1. The summed E-state index contributed by atoms with van der Waals surface area (Å²) < 4.78 is 13.8. The highest BCUT2D eigenvalue weighted by Gasteiger charge is 2.69. The van der Waals surface area contributed by atoms with E-state index in [9.17, 15) is 23.6 Å². The first-order valence-corrected chi connectivity index (χ1v) is 12.1. The zero-order valence-corrected chi connectivity index (χ0v) is 20.7. The molecule has 0 aromatic rings. The van der Waals surface area contributed by atoms with Gasteiger partial charge in [-0.15, -0.1) is 0 Å². The molecule has 2 saturated heterocycles. The Labute approximate surface area is 198 Å². The number of rotatable bonds is 5. The van der Waals surface area contributed by atoms with Crippen LogP contribution in [0.2, 0.25) is 0 Å². The van der Waals surface area contributed by atoms with Gasteiger partial charge >= 0.3 is 0 Å². The first-order valence-electron chi connectivity index (χ1n) is 11.7. The summed E-state index contributed by atoms with van der Waals surface area (Å²) >= 11 is 5.42. The number of nitrogens with zero attached hydrogens (tertiary/aromatic N) is 2. The van der Waals surface area contributed by atoms with Gasteiger partial charge in [0.2, 0.25) is 11.8 Å². The Morgan fingerprint density at radius 2 is 1.94 bits per heavy atom. The van der Waals surface area contributed by atoms with Crippen molar-refractivity contribution in [2.45, 2.75) is 77.5 Å². The van der Waals surface area contributed by atoms with Gasteiger partial charge in [0.1, 0.15) is 6.04 Å². The second-order valence-electron chi connectivity index (χ2n) is 12.1. The first kappa shape index (κ1) is 24.2. The average molecular weight is 485 g/mol. The largest absolute Gasteiger partial charge is 0.350 e. The number of likely N-dealkylation sites (tertiary alicyclic amines) is 1. The second-order valence-corrected chi connectivity index (χ2v) is 12.5. The Morgan fingerprint density at radius 3 is 2.45 bits per heavy atom. The molecule has 33 heavy (non-hydrogen) atoms. The van der Waals surface area contributed by atoms with E-state index in [2.05, 4.69) is 24.6 Å². The molecule has 0 aromatic carbocycles. The van der Waals surface area contributed by atoms with Crippen molar-refractivity contribution in [3.8, 4) is 0 Å². The molecule has 2 saturated carbocycles. The summed E-state index contributed by atoms with van der Waals surface area (Å²) in [4.78, 5) is 52.9. The van der Waals surface area contributed by atoms with Gasteiger partial charge in [0.25, 0.3) is 17.4 Å². The summed E-state index contributed by atoms with van der Waals surface area (Å²) in [6.45, 7) is 10.3. The van der Waals surface area contributed by atoms with Gasteiger partial charge in [0.15, 0.2) is 0 Å². The Kier molecular flexibility index (Phi) is 5.74. The number of amides is 4. The first-order chi connectivity index (χ1) is 15.2. The monoisotopic (exact) mass is 484 g/mol. The van der Waals surface area contributed by atoms with Crippen molar-refractivity contribution in [2.24, 2.45) is 28.6 Å². The third-order valence-electron chi connectivity index (χ3n) is 7.83. The predicted octanol–water partition coefficient (Wildman–Crippen LogP) is 1.97. The fraction of sp³-hybridized carbons (Fsp3) is 0.826. The molecule has 2 heterocycles. The molecule has 4 fully saturated rings. The number of hydrazine groups is 1. The van der Waals surface area contributed by atoms with E-state index < -0.39 is 29.4 Å². The topological polar surface area (TPSA) is 98.8 Å². The Hall–Kier alpha value is -1.90. The molecule has 0 radical (unpaired) electrons. The molecule has 184 valence electrons. The van der Waals surface area contributed by atoms with Crippen LogP contribution < -0.4 is 10.7 Å². The summed E-state index contributed by atoms with van der Waals surface area (Å²) in [6.07, 6.45) is 2.57. The summed E-state index contributed by atoms with van der Waals surface area (Å²) in [5.41, 5.74) is -0.387. The maximum Gasteiger partial charge on any atom is 0.291 e. The third kappa shape index (κ3) is 4.57. The van der Waals surface area contributed by atoms with E-state index in [1.165, 1.54) is 0 Å². The summed E-state index contributed by atoms with van der Waals surface area (Å²) in [5, 5.41) is 3.77. The van der Waals surface area contributed by atoms with E-state index in [1.807, 2.05) is 20.8 Å². The van der Waals surface area contributed by atoms with Crippen molar-refractivity contribution in [3.63, 3.8) is 0 Å². The molecule has 4 aliphatic rings. The van der Waals surface area contributed by atoms with Crippen molar-refractivity contribution < 1.29 is 23.6 Å². The lowest BCUT2D eigenvalue weighted by atomic mass is 9.91. The standard InChI is InChI=1S/C23H34ClFN4O4/c1-21(2,3)9-14(30)28-11-13-15(22(13,4)5)16(28)19(32)27-29(20(33)17(24)25)10-12-8-23(6-7-23)26-18(12)31/h12-13,15-17H,6-11H2,1-5H3,(H,26,31)(H,27,32)/t12-,13+,15+,16+,17-/m1/s1. The van der Waals surface area contributed by atoms with Crippen LogP contribution in [0, 0.1) is 28.6 Å². The van der Waals surface area contributed by atoms with Crippen molar-refractivity contribution in [2.75, 3.05) is 13.1 Å². The van der Waals surface area contributed by atoms with E-state index in [1.54, 1.807) is 4.90 Å². The van der Waals surface area contributed by atoms with Crippen molar-refractivity contribution >= 4 is 35.2 Å². The average Bonchev–Trinajstić information content (AvgIpc) is 3.39. The van der Waals surface area contributed by atoms with E-state index in [0.717, 1.165) is 17.9 Å². The molecular weight excluding hydrogens is 451 g/mol.